The van der Waals surface area contributed by atoms with Crippen molar-refractivity contribution in [1.82, 2.24) is 10.2 Å². The number of benzene rings is 2. The van der Waals surface area contributed by atoms with Gasteiger partial charge in [-0.1, -0.05) is 47.6 Å². The summed E-state index contributed by atoms with van der Waals surface area (Å²) in [6.45, 7) is 1.97. The lowest BCUT2D eigenvalue weighted by molar-refractivity contribution is -0.113. The van der Waals surface area contributed by atoms with Crippen molar-refractivity contribution in [1.29, 1.82) is 0 Å². The van der Waals surface area contributed by atoms with Gasteiger partial charge < -0.3 is 9.73 Å². The lowest BCUT2D eigenvalue weighted by Gasteiger charge is -2.04. The van der Waals surface area contributed by atoms with E-state index in [4.69, 9.17) is 16.0 Å². The van der Waals surface area contributed by atoms with E-state index in [1.54, 1.807) is 12.1 Å². The number of nitrogens with zero attached hydrogens (tertiary/aromatic N) is 2. The second-order valence-electron chi connectivity index (χ2n) is 5.06. The van der Waals surface area contributed by atoms with E-state index < -0.39 is 0 Å². The van der Waals surface area contributed by atoms with Crippen molar-refractivity contribution < 1.29 is 9.21 Å². The third-order valence-electron chi connectivity index (χ3n) is 3.14. The van der Waals surface area contributed by atoms with Crippen molar-refractivity contribution in [3.05, 3.63) is 59.1 Å². The van der Waals surface area contributed by atoms with Gasteiger partial charge in [-0.15, -0.1) is 10.2 Å². The molecule has 0 radical (unpaired) electrons. The fraction of sp³-hybridized carbons (Fsp3) is 0.118. The highest BCUT2D eigenvalue weighted by molar-refractivity contribution is 7.99. The fourth-order valence-corrected chi connectivity index (χ4v) is 2.84. The Morgan fingerprint density at radius 3 is 2.83 bits per heavy atom. The second kappa shape index (κ2) is 7.51. The predicted molar refractivity (Wildman–Crippen MR) is 95.3 cm³/mol. The fourth-order valence-electron chi connectivity index (χ4n) is 2.06. The van der Waals surface area contributed by atoms with Crippen LogP contribution in [0.15, 0.2) is 58.2 Å². The minimum atomic E-state index is -0.136. The Morgan fingerprint density at radius 1 is 1.21 bits per heavy atom. The van der Waals surface area contributed by atoms with Gasteiger partial charge in [0, 0.05) is 5.69 Å². The van der Waals surface area contributed by atoms with Crippen molar-refractivity contribution in [2.45, 2.75) is 12.1 Å². The first-order chi connectivity index (χ1) is 11.6. The van der Waals surface area contributed by atoms with E-state index in [1.807, 2.05) is 43.3 Å². The minimum absolute atomic E-state index is 0.136. The molecule has 1 aromatic heterocycles. The first-order valence-electron chi connectivity index (χ1n) is 7.19. The predicted octanol–water partition coefficient (Wildman–Crippen LogP) is 4.43. The SMILES string of the molecule is Cc1cccc(NC(=O)CSc2nnc(-c3ccccc3Cl)o2)c1. The second-order valence-corrected chi connectivity index (χ2v) is 6.39. The van der Waals surface area contributed by atoms with Crippen LogP contribution in [-0.4, -0.2) is 21.9 Å². The van der Waals surface area contributed by atoms with Gasteiger partial charge >= 0.3 is 0 Å². The molecule has 0 atom stereocenters. The quantitative estimate of drug-likeness (QED) is 0.682. The number of aryl methyl sites for hydroxylation is 1. The van der Waals surface area contributed by atoms with Gasteiger partial charge in [0.05, 0.1) is 16.3 Å². The van der Waals surface area contributed by atoms with Crippen LogP contribution in [-0.2, 0) is 4.79 Å². The molecule has 0 aliphatic carbocycles. The standard InChI is InChI=1S/C17H14ClN3O2S/c1-11-5-4-6-12(9-11)19-15(22)10-24-17-21-20-16(23-17)13-7-2-3-8-14(13)18/h2-9H,10H2,1H3,(H,19,22). The van der Waals surface area contributed by atoms with E-state index in [0.717, 1.165) is 11.3 Å². The number of anilines is 1. The molecule has 1 heterocycles. The molecule has 24 heavy (non-hydrogen) atoms. The van der Waals surface area contributed by atoms with Gasteiger partial charge in [-0.3, -0.25) is 4.79 Å². The van der Waals surface area contributed by atoms with Crippen LogP contribution in [0.5, 0.6) is 0 Å². The van der Waals surface area contributed by atoms with Gasteiger partial charge in [-0.2, -0.15) is 0 Å². The van der Waals surface area contributed by atoms with E-state index in [2.05, 4.69) is 15.5 Å². The van der Waals surface area contributed by atoms with Crippen LogP contribution in [0.1, 0.15) is 5.56 Å². The molecular weight excluding hydrogens is 346 g/mol. The molecule has 0 aliphatic rings. The number of nitrogens with one attached hydrogen (secondary N) is 1. The Kier molecular flexibility index (Phi) is 5.17. The van der Waals surface area contributed by atoms with Crippen LogP contribution in [0.4, 0.5) is 5.69 Å². The number of halogens is 1. The number of rotatable bonds is 5. The molecule has 0 saturated carbocycles. The van der Waals surface area contributed by atoms with Crippen molar-refractivity contribution in [2.75, 3.05) is 11.1 Å². The smallest absolute Gasteiger partial charge is 0.277 e. The highest BCUT2D eigenvalue weighted by atomic mass is 35.5. The molecule has 1 amide bonds. The van der Waals surface area contributed by atoms with E-state index in [-0.39, 0.29) is 11.7 Å². The van der Waals surface area contributed by atoms with Crippen molar-refractivity contribution in [3.63, 3.8) is 0 Å². The summed E-state index contributed by atoms with van der Waals surface area (Å²) < 4.78 is 5.55. The highest BCUT2D eigenvalue weighted by Gasteiger charge is 2.13. The molecule has 7 heteroatoms. The number of thioether (sulfide) groups is 1. The van der Waals surface area contributed by atoms with E-state index in [9.17, 15) is 4.79 Å². The van der Waals surface area contributed by atoms with Crippen LogP contribution in [0, 0.1) is 6.92 Å². The maximum absolute atomic E-state index is 12.0. The van der Waals surface area contributed by atoms with Crippen LogP contribution in [0.25, 0.3) is 11.5 Å². The number of carbonyl (C=O) groups excluding carboxylic acids is 1. The molecule has 0 aliphatic heterocycles. The van der Waals surface area contributed by atoms with Gasteiger partial charge in [0.25, 0.3) is 5.22 Å². The zero-order valence-corrected chi connectivity index (χ0v) is 14.4. The molecule has 3 rings (SSSR count). The lowest BCUT2D eigenvalue weighted by Crippen LogP contribution is -2.13. The molecule has 0 bridgehead atoms. The van der Waals surface area contributed by atoms with Crippen molar-refractivity contribution >= 4 is 35.0 Å². The number of aromatic nitrogens is 2. The normalized spacial score (nSPS) is 10.6. The van der Waals surface area contributed by atoms with Crippen LogP contribution < -0.4 is 5.32 Å². The maximum Gasteiger partial charge on any atom is 0.277 e. The summed E-state index contributed by atoms with van der Waals surface area (Å²) in [5.74, 6) is 0.378. The zero-order chi connectivity index (χ0) is 16.9. The minimum Gasteiger partial charge on any atom is -0.411 e. The van der Waals surface area contributed by atoms with Gasteiger partial charge in [0.1, 0.15) is 0 Å². The average molecular weight is 360 g/mol. The van der Waals surface area contributed by atoms with Crippen LogP contribution in [0.2, 0.25) is 5.02 Å². The van der Waals surface area contributed by atoms with E-state index >= 15 is 0 Å². The van der Waals surface area contributed by atoms with E-state index in [1.165, 1.54) is 11.8 Å². The summed E-state index contributed by atoms with van der Waals surface area (Å²) in [6.07, 6.45) is 0. The van der Waals surface area contributed by atoms with E-state index in [0.29, 0.717) is 21.7 Å². The summed E-state index contributed by atoms with van der Waals surface area (Å²) in [7, 11) is 0. The number of amides is 1. The summed E-state index contributed by atoms with van der Waals surface area (Å²) in [5, 5.41) is 11.6. The van der Waals surface area contributed by atoms with Crippen molar-refractivity contribution in [2.24, 2.45) is 0 Å². The zero-order valence-electron chi connectivity index (χ0n) is 12.8. The third-order valence-corrected chi connectivity index (χ3v) is 4.29. The summed E-state index contributed by atoms with van der Waals surface area (Å²) in [5.41, 5.74) is 2.52. The highest BCUT2D eigenvalue weighted by Crippen LogP contribution is 2.28. The Labute approximate surface area is 148 Å². The molecule has 0 saturated heterocycles. The van der Waals surface area contributed by atoms with Gasteiger partial charge in [-0.05, 0) is 36.8 Å². The first kappa shape index (κ1) is 16.5. The Morgan fingerprint density at radius 2 is 2.04 bits per heavy atom. The van der Waals surface area contributed by atoms with Gasteiger partial charge in [0.15, 0.2) is 0 Å². The maximum atomic E-state index is 12.0. The monoisotopic (exact) mass is 359 g/mol. The Balaban J connectivity index is 1.59. The molecule has 2 aromatic carbocycles. The number of hydrogen-bond acceptors (Lipinski definition) is 5. The third kappa shape index (κ3) is 4.15. The van der Waals surface area contributed by atoms with Crippen molar-refractivity contribution in [3.8, 4) is 11.5 Å². The number of carbonyl (C=O) groups is 1. The molecule has 0 spiro atoms. The molecular formula is C17H14ClN3O2S. The summed E-state index contributed by atoms with van der Waals surface area (Å²) in [4.78, 5) is 12.0. The summed E-state index contributed by atoms with van der Waals surface area (Å²) >= 11 is 7.28. The average Bonchev–Trinajstić information content (AvgIpc) is 3.02. The van der Waals surface area contributed by atoms with Gasteiger partial charge in [0.2, 0.25) is 11.8 Å². The number of hydrogen-bond donors (Lipinski definition) is 1. The molecule has 122 valence electrons. The molecule has 1 N–H and O–H groups in total. The molecule has 3 aromatic rings. The first-order valence-corrected chi connectivity index (χ1v) is 8.56. The molecule has 0 fully saturated rings. The lowest BCUT2D eigenvalue weighted by atomic mass is 10.2. The van der Waals surface area contributed by atoms with Crippen LogP contribution in [0.3, 0.4) is 0 Å². The topological polar surface area (TPSA) is 68.0 Å². The Hall–Kier alpha value is -2.31. The molecule has 5 nitrogen and oxygen atoms in total. The Bertz CT molecular complexity index is 866. The summed E-state index contributed by atoms with van der Waals surface area (Å²) in [6, 6.07) is 14.8. The van der Waals surface area contributed by atoms with Crippen LogP contribution >= 0.6 is 23.4 Å². The van der Waals surface area contributed by atoms with Gasteiger partial charge in [-0.25, -0.2) is 0 Å². The largest absolute Gasteiger partial charge is 0.411 e. The molecule has 0 unspecified atom stereocenters.